The Morgan fingerprint density at radius 3 is 2.86 bits per heavy atom. The number of benzene rings is 1. The molecule has 0 aliphatic carbocycles. The Hall–Kier alpha value is -1.72. The van der Waals surface area contributed by atoms with Crippen molar-refractivity contribution in [3.63, 3.8) is 0 Å². The topological polar surface area (TPSA) is 54.2 Å². The zero-order valence-electron chi connectivity index (χ0n) is 12.4. The van der Waals surface area contributed by atoms with Crippen molar-refractivity contribution >= 4 is 0 Å². The summed E-state index contributed by atoms with van der Waals surface area (Å²) in [5.41, 5.74) is 1.92. The highest BCUT2D eigenvalue weighted by Crippen LogP contribution is 2.24. The molecule has 3 rings (SSSR count). The van der Waals surface area contributed by atoms with Gasteiger partial charge in [0.1, 0.15) is 0 Å². The van der Waals surface area contributed by atoms with Crippen LogP contribution in [0, 0.1) is 5.92 Å². The number of aliphatic hydroxyl groups is 1. The minimum Gasteiger partial charge on any atom is -0.395 e. The lowest BCUT2D eigenvalue weighted by molar-refractivity contribution is 0.0463. The van der Waals surface area contributed by atoms with Crippen LogP contribution in [0.2, 0.25) is 0 Å². The number of hydrogen-bond donors (Lipinski definition) is 1. The number of rotatable bonds is 4. The fourth-order valence-electron chi connectivity index (χ4n) is 3.09. The van der Waals surface area contributed by atoms with Gasteiger partial charge in [0.05, 0.1) is 24.2 Å². The molecular weight excluding hydrogens is 264 g/mol. The fourth-order valence-corrected chi connectivity index (χ4v) is 3.09. The fraction of sp³-hybridized carbons (Fsp3) is 0.500. The van der Waals surface area contributed by atoms with Gasteiger partial charge in [-0.15, -0.1) is 0 Å². The number of aliphatic hydroxyl groups excluding tert-OH is 1. The van der Waals surface area contributed by atoms with Gasteiger partial charge in [-0.25, -0.2) is 0 Å². The summed E-state index contributed by atoms with van der Waals surface area (Å²) >= 11 is 0. The van der Waals surface area contributed by atoms with Crippen molar-refractivity contribution in [1.29, 1.82) is 0 Å². The SMILES string of the molecule is CC1CCCN(Cc2cnn(-c3ccccc3)n2)C1CO. The minimum absolute atomic E-state index is 0.216. The number of hydrogen-bond acceptors (Lipinski definition) is 4. The van der Waals surface area contributed by atoms with E-state index in [9.17, 15) is 5.11 Å². The van der Waals surface area contributed by atoms with E-state index in [0.29, 0.717) is 5.92 Å². The van der Waals surface area contributed by atoms with Gasteiger partial charge in [-0.1, -0.05) is 25.1 Å². The molecule has 1 aliphatic heterocycles. The van der Waals surface area contributed by atoms with Gasteiger partial charge in [-0.3, -0.25) is 4.90 Å². The summed E-state index contributed by atoms with van der Waals surface area (Å²) in [6.07, 6.45) is 4.20. The van der Waals surface area contributed by atoms with Crippen LogP contribution in [0.4, 0.5) is 0 Å². The third kappa shape index (κ3) is 3.14. The van der Waals surface area contributed by atoms with Crippen molar-refractivity contribution in [3.8, 4) is 5.69 Å². The molecule has 0 spiro atoms. The Balaban J connectivity index is 1.72. The van der Waals surface area contributed by atoms with Crippen LogP contribution in [0.1, 0.15) is 25.5 Å². The summed E-state index contributed by atoms with van der Waals surface area (Å²) in [4.78, 5) is 3.99. The molecule has 1 aromatic heterocycles. The van der Waals surface area contributed by atoms with Crippen LogP contribution in [0.25, 0.3) is 5.69 Å². The molecule has 0 radical (unpaired) electrons. The molecule has 2 heterocycles. The van der Waals surface area contributed by atoms with Gasteiger partial charge >= 0.3 is 0 Å². The van der Waals surface area contributed by atoms with Crippen LogP contribution < -0.4 is 0 Å². The quantitative estimate of drug-likeness (QED) is 0.932. The molecule has 1 fully saturated rings. The maximum atomic E-state index is 9.61. The second-order valence-corrected chi connectivity index (χ2v) is 5.80. The number of likely N-dealkylation sites (tertiary alicyclic amines) is 1. The Morgan fingerprint density at radius 1 is 1.29 bits per heavy atom. The minimum atomic E-state index is 0.216. The molecule has 0 bridgehead atoms. The smallest absolute Gasteiger partial charge is 0.0971 e. The molecule has 2 atom stereocenters. The standard InChI is InChI=1S/C16H22N4O/c1-13-6-5-9-19(16(13)12-21)11-14-10-17-20(18-14)15-7-3-2-4-8-15/h2-4,7-8,10,13,16,21H,5-6,9,11-12H2,1H3. The van der Waals surface area contributed by atoms with Crippen molar-refractivity contribution in [2.45, 2.75) is 32.4 Å². The molecule has 112 valence electrons. The Labute approximate surface area is 125 Å². The number of piperidine rings is 1. The van der Waals surface area contributed by atoms with E-state index in [-0.39, 0.29) is 12.6 Å². The molecule has 0 amide bonds. The molecule has 1 aliphatic rings. The van der Waals surface area contributed by atoms with Crippen molar-refractivity contribution in [2.24, 2.45) is 5.92 Å². The summed E-state index contributed by atoms with van der Waals surface area (Å²) in [6, 6.07) is 10.2. The van der Waals surface area contributed by atoms with E-state index in [0.717, 1.165) is 24.5 Å². The van der Waals surface area contributed by atoms with E-state index in [1.54, 1.807) is 4.80 Å². The second kappa shape index (κ2) is 6.37. The van der Waals surface area contributed by atoms with Crippen molar-refractivity contribution < 1.29 is 5.11 Å². The van der Waals surface area contributed by atoms with E-state index in [4.69, 9.17) is 0 Å². The third-order valence-corrected chi connectivity index (χ3v) is 4.31. The monoisotopic (exact) mass is 286 g/mol. The molecule has 21 heavy (non-hydrogen) atoms. The van der Waals surface area contributed by atoms with Gasteiger partial charge < -0.3 is 5.11 Å². The van der Waals surface area contributed by atoms with Gasteiger partial charge in [0.25, 0.3) is 0 Å². The summed E-state index contributed by atoms with van der Waals surface area (Å²) in [5.74, 6) is 0.535. The first-order valence-electron chi connectivity index (χ1n) is 7.59. The Morgan fingerprint density at radius 2 is 2.10 bits per heavy atom. The Bertz CT molecular complexity index is 569. The molecule has 2 aromatic rings. The van der Waals surface area contributed by atoms with Crippen LogP contribution in [-0.2, 0) is 6.54 Å². The largest absolute Gasteiger partial charge is 0.395 e. The first-order valence-corrected chi connectivity index (χ1v) is 7.59. The molecular formula is C16H22N4O. The van der Waals surface area contributed by atoms with Crippen molar-refractivity contribution in [1.82, 2.24) is 19.9 Å². The van der Waals surface area contributed by atoms with E-state index in [1.165, 1.54) is 12.8 Å². The second-order valence-electron chi connectivity index (χ2n) is 5.80. The first-order chi connectivity index (χ1) is 10.3. The highest BCUT2D eigenvalue weighted by molar-refractivity contribution is 5.28. The zero-order chi connectivity index (χ0) is 14.7. The van der Waals surface area contributed by atoms with E-state index in [2.05, 4.69) is 22.0 Å². The Kier molecular flexibility index (Phi) is 4.31. The maximum absolute atomic E-state index is 9.61. The van der Waals surface area contributed by atoms with Gasteiger partial charge in [0.15, 0.2) is 0 Å². The van der Waals surface area contributed by atoms with Crippen LogP contribution in [0.15, 0.2) is 36.5 Å². The number of aromatic nitrogens is 3. The molecule has 5 nitrogen and oxygen atoms in total. The highest BCUT2D eigenvalue weighted by atomic mass is 16.3. The summed E-state index contributed by atoms with van der Waals surface area (Å²) in [7, 11) is 0. The summed E-state index contributed by atoms with van der Waals surface area (Å²) in [5, 5.41) is 18.5. The lowest BCUT2D eigenvalue weighted by Gasteiger charge is -2.38. The third-order valence-electron chi connectivity index (χ3n) is 4.31. The molecule has 1 aromatic carbocycles. The van der Waals surface area contributed by atoms with Gasteiger partial charge in [-0.2, -0.15) is 15.0 Å². The maximum Gasteiger partial charge on any atom is 0.0971 e. The molecule has 5 heteroatoms. The molecule has 1 N–H and O–H groups in total. The first kappa shape index (κ1) is 14.2. The molecule has 0 saturated carbocycles. The van der Waals surface area contributed by atoms with Crippen LogP contribution >= 0.6 is 0 Å². The molecule has 2 unspecified atom stereocenters. The normalized spacial score (nSPS) is 23.3. The van der Waals surface area contributed by atoms with Gasteiger partial charge in [0, 0.05) is 12.6 Å². The van der Waals surface area contributed by atoms with E-state index >= 15 is 0 Å². The number of nitrogens with zero attached hydrogens (tertiary/aromatic N) is 4. The predicted octanol–water partition coefficient (Wildman–Crippen LogP) is 1.86. The lowest BCUT2D eigenvalue weighted by Crippen LogP contribution is -2.46. The highest BCUT2D eigenvalue weighted by Gasteiger charge is 2.28. The van der Waals surface area contributed by atoms with Crippen molar-refractivity contribution in [3.05, 3.63) is 42.2 Å². The number of para-hydroxylation sites is 1. The van der Waals surface area contributed by atoms with Crippen LogP contribution in [0.3, 0.4) is 0 Å². The van der Waals surface area contributed by atoms with E-state index < -0.39 is 0 Å². The summed E-state index contributed by atoms with van der Waals surface area (Å²) in [6.45, 7) is 4.21. The summed E-state index contributed by atoms with van der Waals surface area (Å²) < 4.78 is 0. The van der Waals surface area contributed by atoms with Crippen LogP contribution in [0.5, 0.6) is 0 Å². The average Bonchev–Trinajstić information content (AvgIpc) is 2.97. The predicted molar refractivity (Wildman–Crippen MR) is 81.0 cm³/mol. The van der Waals surface area contributed by atoms with Gasteiger partial charge in [0.2, 0.25) is 0 Å². The average molecular weight is 286 g/mol. The van der Waals surface area contributed by atoms with Crippen molar-refractivity contribution in [2.75, 3.05) is 13.2 Å². The zero-order valence-corrected chi connectivity index (χ0v) is 12.4. The van der Waals surface area contributed by atoms with Crippen LogP contribution in [-0.4, -0.2) is 44.2 Å². The molecule has 1 saturated heterocycles. The van der Waals surface area contributed by atoms with E-state index in [1.807, 2.05) is 36.5 Å². The lowest BCUT2D eigenvalue weighted by atomic mass is 9.91. The van der Waals surface area contributed by atoms with Gasteiger partial charge in [-0.05, 0) is 37.4 Å².